The molecule has 0 bridgehead atoms. The fraction of sp³-hybridized carbons (Fsp3) is 0.750. The Labute approximate surface area is 97.4 Å². The first kappa shape index (κ1) is 13.2. The molecule has 1 rings (SSSR count). The lowest BCUT2D eigenvalue weighted by Crippen LogP contribution is -2.41. The first-order chi connectivity index (χ1) is 7.79. The molecule has 0 saturated heterocycles. The van der Waals surface area contributed by atoms with E-state index in [2.05, 4.69) is 6.58 Å². The predicted molar refractivity (Wildman–Crippen MR) is 64.0 cm³/mol. The topological polar surface area (TPSA) is 55.6 Å². The Bertz CT molecular complexity index is 225. The van der Waals surface area contributed by atoms with Crippen LogP contribution in [0.1, 0.15) is 25.7 Å². The SMILES string of the molecule is C=CCN(C(=O)COCCN)C1CCCC1. The maximum atomic E-state index is 11.9. The van der Waals surface area contributed by atoms with E-state index in [-0.39, 0.29) is 12.5 Å². The molecule has 0 radical (unpaired) electrons. The van der Waals surface area contributed by atoms with Crippen LogP contribution < -0.4 is 5.73 Å². The van der Waals surface area contributed by atoms with Crippen LogP contribution in [0.2, 0.25) is 0 Å². The average Bonchev–Trinajstić information content (AvgIpc) is 2.79. The smallest absolute Gasteiger partial charge is 0.249 e. The van der Waals surface area contributed by atoms with E-state index in [1.807, 2.05) is 4.90 Å². The van der Waals surface area contributed by atoms with Crippen molar-refractivity contribution < 1.29 is 9.53 Å². The number of hydrogen-bond acceptors (Lipinski definition) is 3. The number of hydrogen-bond donors (Lipinski definition) is 1. The van der Waals surface area contributed by atoms with E-state index >= 15 is 0 Å². The Morgan fingerprint density at radius 1 is 1.50 bits per heavy atom. The highest BCUT2D eigenvalue weighted by molar-refractivity contribution is 5.78. The highest BCUT2D eigenvalue weighted by atomic mass is 16.5. The van der Waals surface area contributed by atoms with Crippen LogP contribution in [0, 0.1) is 0 Å². The molecule has 2 N–H and O–H groups in total. The fourth-order valence-electron chi connectivity index (χ4n) is 2.14. The third-order valence-electron chi connectivity index (χ3n) is 2.90. The first-order valence-corrected chi connectivity index (χ1v) is 5.97. The highest BCUT2D eigenvalue weighted by Crippen LogP contribution is 2.23. The van der Waals surface area contributed by atoms with Crippen molar-refractivity contribution >= 4 is 5.91 Å². The molecule has 0 aromatic carbocycles. The number of carbonyl (C=O) groups excluding carboxylic acids is 1. The zero-order valence-electron chi connectivity index (χ0n) is 9.86. The molecule has 0 unspecified atom stereocenters. The standard InChI is InChI=1S/C12H22N2O2/c1-2-8-14(11-5-3-4-6-11)12(15)10-16-9-7-13/h2,11H,1,3-10,13H2. The summed E-state index contributed by atoms with van der Waals surface area (Å²) in [5, 5.41) is 0. The lowest BCUT2D eigenvalue weighted by Gasteiger charge is -2.27. The summed E-state index contributed by atoms with van der Waals surface area (Å²) in [6.45, 7) is 5.36. The van der Waals surface area contributed by atoms with E-state index in [1.165, 1.54) is 12.8 Å². The quantitative estimate of drug-likeness (QED) is 0.519. The summed E-state index contributed by atoms with van der Waals surface area (Å²) in [4.78, 5) is 13.8. The summed E-state index contributed by atoms with van der Waals surface area (Å²) in [6, 6.07) is 0.381. The van der Waals surface area contributed by atoms with Gasteiger partial charge in [-0.05, 0) is 12.8 Å². The Morgan fingerprint density at radius 3 is 2.75 bits per heavy atom. The number of carbonyl (C=O) groups is 1. The Morgan fingerprint density at radius 2 is 2.19 bits per heavy atom. The van der Waals surface area contributed by atoms with Crippen LogP contribution in [0.3, 0.4) is 0 Å². The van der Waals surface area contributed by atoms with Crippen LogP contribution in [0.4, 0.5) is 0 Å². The van der Waals surface area contributed by atoms with Gasteiger partial charge >= 0.3 is 0 Å². The van der Waals surface area contributed by atoms with Gasteiger partial charge in [-0.25, -0.2) is 0 Å². The summed E-state index contributed by atoms with van der Waals surface area (Å²) in [7, 11) is 0. The molecule has 0 heterocycles. The van der Waals surface area contributed by atoms with E-state index in [4.69, 9.17) is 10.5 Å². The third kappa shape index (κ3) is 3.94. The molecule has 0 aromatic rings. The molecule has 16 heavy (non-hydrogen) atoms. The number of ether oxygens (including phenoxy) is 1. The van der Waals surface area contributed by atoms with Gasteiger partial charge in [-0.3, -0.25) is 4.79 Å². The molecule has 0 atom stereocenters. The van der Waals surface area contributed by atoms with Crippen LogP contribution in [-0.2, 0) is 9.53 Å². The van der Waals surface area contributed by atoms with E-state index in [0.717, 1.165) is 12.8 Å². The van der Waals surface area contributed by atoms with Crippen LogP contribution in [-0.4, -0.2) is 43.2 Å². The molecule has 1 saturated carbocycles. The molecule has 0 aliphatic heterocycles. The molecular formula is C12H22N2O2. The molecule has 92 valence electrons. The van der Waals surface area contributed by atoms with Crippen LogP contribution >= 0.6 is 0 Å². The number of rotatable bonds is 7. The van der Waals surface area contributed by atoms with Gasteiger partial charge in [-0.1, -0.05) is 18.9 Å². The first-order valence-electron chi connectivity index (χ1n) is 5.97. The summed E-state index contributed by atoms with van der Waals surface area (Å²) >= 11 is 0. The van der Waals surface area contributed by atoms with Gasteiger partial charge in [-0.2, -0.15) is 0 Å². The molecule has 1 fully saturated rings. The van der Waals surface area contributed by atoms with Crippen LogP contribution in [0.5, 0.6) is 0 Å². The van der Waals surface area contributed by atoms with Crippen molar-refractivity contribution in [2.24, 2.45) is 5.73 Å². The number of amides is 1. The lowest BCUT2D eigenvalue weighted by atomic mass is 10.2. The summed E-state index contributed by atoms with van der Waals surface area (Å²) in [5.74, 6) is 0.0558. The Hall–Kier alpha value is -0.870. The second-order valence-corrected chi connectivity index (χ2v) is 4.11. The Balaban J connectivity index is 2.41. The van der Waals surface area contributed by atoms with Crippen LogP contribution in [0.25, 0.3) is 0 Å². The minimum absolute atomic E-state index is 0.0558. The molecular weight excluding hydrogens is 204 g/mol. The second kappa shape index (κ2) is 7.41. The van der Waals surface area contributed by atoms with Gasteiger partial charge in [0.05, 0.1) is 6.61 Å². The van der Waals surface area contributed by atoms with Gasteiger partial charge < -0.3 is 15.4 Å². The van der Waals surface area contributed by atoms with Crippen molar-refractivity contribution in [1.82, 2.24) is 4.90 Å². The van der Waals surface area contributed by atoms with Gasteiger partial charge in [0.1, 0.15) is 6.61 Å². The van der Waals surface area contributed by atoms with Gasteiger partial charge in [0.25, 0.3) is 0 Å². The fourth-order valence-corrected chi connectivity index (χ4v) is 2.14. The summed E-state index contributed by atoms with van der Waals surface area (Å²) < 4.78 is 5.18. The van der Waals surface area contributed by atoms with Crippen molar-refractivity contribution in [3.8, 4) is 0 Å². The van der Waals surface area contributed by atoms with Crippen molar-refractivity contribution in [1.29, 1.82) is 0 Å². The predicted octanol–water partition coefficient (Wildman–Crippen LogP) is 0.919. The average molecular weight is 226 g/mol. The van der Waals surface area contributed by atoms with Crippen molar-refractivity contribution in [2.45, 2.75) is 31.7 Å². The third-order valence-corrected chi connectivity index (χ3v) is 2.90. The largest absolute Gasteiger partial charge is 0.370 e. The minimum Gasteiger partial charge on any atom is -0.370 e. The maximum absolute atomic E-state index is 11.9. The molecule has 1 aliphatic rings. The highest BCUT2D eigenvalue weighted by Gasteiger charge is 2.25. The van der Waals surface area contributed by atoms with E-state index in [1.54, 1.807) is 6.08 Å². The molecule has 4 heteroatoms. The Kier molecular flexibility index (Phi) is 6.11. The van der Waals surface area contributed by atoms with Gasteiger partial charge in [0, 0.05) is 19.1 Å². The maximum Gasteiger partial charge on any atom is 0.249 e. The van der Waals surface area contributed by atoms with Crippen molar-refractivity contribution in [3.63, 3.8) is 0 Å². The van der Waals surface area contributed by atoms with Crippen molar-refractivity contribution in [2.75, 3.05) is 26.3 Å². The number of nitrogens with two attached hydrogens (primary N) is 1. The molecule has 0 spiro atoms. The molecule has 1 amide bonds. The second-order valence-electron chi connectivity index (χ2n) is 4.11. The van der Waals surface area contributed by atoms with Crippen LogP contribution in [0.15, 0.2) is 12.7 Å². The lowest BCUT2D eigenvalue weighted by molar-refractivity contribution is -0.137. The zero-order valence-corrected chi connectivity index (χ0v) is 9.86. The molecule has 4 nitrogen and oxygen atoms in total. The van der Waals surface area contributed by atoms with Gasteiger partial charge in [0.15, 0.2) is 0 Å². The minimum atomic E-state index is 0.0558. The van der Waals surface area contributed by atoms with E-state index in [0.29, 0.717) is 25.7 Å². The van der Waals surface area contributed by atoms with Gasteiger partial charge in [-0.15, -0.1) is 6.58 Å². The summed E-state index contributed by atoms with van der Waals surface area (Å²) in [6.07, 6.45) is 6.43. The normalized spacial score (nSPS) is 16.3. The van der Waals surface area contributed by atoms with Crippen molar-refractivity contribution in [3.05, 3.63) is 12.7 Å². The monoisotopic (exact) mass is 226 g/mol. The summed E-state index contributed by atoms with van der Waals surface area (Å²) in [5.41, 5.74) is 5.31. The number of nitrogens with zero attached hydrogens (tertiary/aromatic N) is 1. The van der Waals surface area contributed by atoms with Gasteiger partial charge in [0.2, 0.25) is 5.91 Å². The molecule has 0 aromatic heterocycles. The zero-order chi connectivity index (χ0) is 11.8. The molecule has 1 aliphatic carbocycles. The van der Waals surface area contributed by atoms with E-state index < -0.39 is 0 Å². The van der Waals surface area contributed by atoms with E-state index in [9.17, 15) is 4.79 Å².